The smallest absolute Gasteiger partial charge is 0.257 e. The monoisotopic (exact) mass is 191 g/mol. The summed E-state index contributed by atoms with van der Waals surface area (Å²) in [6, 6.07) is 0. The Labute approximate surface area is 69.4 Å². The highest BCUT2D eigenvalue weighted by Gasteiger charge is 2.09. The number of rotatable bonds is 3. The summed E-state index contributed by atoms with van der Waals surface area (Å²) < 4.78 is 24.0. The molecule has 0 unspecified atom stereocenters. The van der Waals surface area contributed by atoms with Gasteiger partial charge in [0.25, 0.3) is 5.95 Å². The van der Waals surface area contributed by atoms with Crippen molar-refractivity contribution < 1.29 is 8.42 Å². The van der Waals surface area contributed by atoms with Gasteiger partial charge in [0, 0.05) is 0 Å². The van der Waals surface area contributed by atoms with Crippen molar-refractivity contribution in [3.63, 3.8) is 0 Å². The zero-order chi connectivity index (χ0) is 9.19. The van der Waals surface area contributed by atoms with E-state index in [0.717, 1.165) is 0 Å². The lowest BCUT2D eigenvalue weighted by Gasteiger charge is -1.98. The van der Waals surface area contributed by atoms with Crippen LogP contribution in [0.1, 0.15) is 6.92 Å². The van der Waals surface area contributed by atoms with Crippen LogP contribution in [0.3, 0.4) is 0 Å². The lowest BCUT2D eigenvalue weighted by molar-refractivity contribution is 0.602. The van der Waals surface area contributed by atoms with Gasteiger partial charge in [-0.2, -0.15) is 4.98 Å². The second-order valence-corrected chi connectivity index (χ2v) is 4.06. The topological polar surface area (TPSA) is 114 Å². The maximum absolute atomic E-state index is 10.9. The van der Waals surface area contributed by atoms with E-state index in [4.69, 9.17) is 5.73 Å². The number of sulfonamides is 1. The molecule has 12 heavy (non-hydrogen) atoms. The average Bonchev–Trinajstić information content (AvgIpc) is 2.35. The van der Waals surface area contributed by atoms with E-state index in [1.165, 1.54) is 6.92 Å². The molecule has 0 aliphatic carbocycles. The van der Waals surface area contributed by atoms with Crippen molar-refractivity contribution in [2.24, 2.45) is 0 Å². The Morgan fingerprint density at radius 1 is 1.67 bits per heavy atom. The molecular formula is C4H9N5O2S. The SMILES string of the molecule is CCS(=O)(=O)Nc1n[nH]c(N)n1. The number of nitrogens with two attached hydrogens (primary N) is 1. The van der Waals surface area contributed by atoms with Crippen LogP contribution >= 0.6 is 0 Å². The molecular weight excluding hydrogens is 182 g/mol. The van der Waals surface area contributed by atoms with Gasteiger partial charge in [0.05, 0.1) is 5.75 Å². The minimum atomic E-state index is -3.31. The summed E-state index contributed by atoms with van der Waals surface area (Å²) in [7, 11) is -3.31. The van der Waals surface area contributed by atoms with Crippen molar-refractivity contribution in [2.45, 2.75) is 6.92 Å². The van der Waals surface area contributed by atoms with Crippen LogP contribution in [-0.4, -0.2) is 29.4 Å². The molecule has 1 heterocycles. The fourth-order valence-corrected chi connectivity index (χ4v) is 1.05. The minimum Gasteiger partial charge on any atom is -0.368 e. The molecule has 0 aliphatic rings. The molecule has 0 radical (unpaired) electrons. The molecule has 68 valence electrons. The van der Waals surface area contributed by atoms with Crippen LogP contribution in [0.4, 0.5) is 11.9 Å². The van der Waals surface area contributed by atoms with Crippen LogP contribution in [0.5, 0.6) is 0 Å². The van der Waals surface area contributed by atoms with Crippen LogP contribution in [0, 0.1) is 0 Å². The predicted octanol–water partition coefficient (Wildman–Crippen LogP) is -0.852. The Morgan fingerprint density at radius 3 is 2.75 bits per heavy atom. The van der Waals surface area contributed by atoms with Gasteiger partial charge in [-0.25, -0.2) is 18.2 Å². The number of hydrogen-bond donors (Lipinski definition) is 3. The van der Waals surface area contributed by atoms with Gasteiger partial charge in [-0.3, -0.25) is 0 Å². The van der Waals surface area contributed by atoms with Gasteiger partial charge in [-0.1, -0.05) is 0 Å². The number of nitrogen functional groups attached to an aromatic ring is 1. The van der Waals surface area contributed by atoms with Crippen molar-refractivity contribution in [2.75, 3.05) is 16.2 Å². The highest BCUT2D eigenvalue weighted by molar-refractivity contribution is 7.92. The fourth-order valence-electron chi connectivity index (χ4n) is 0.531. The summed E-state index contributed by atoms with van der Waals surface area (Å²) in [5.74, 6) is 0.0136. The van der Waals surface area contributed by atoms with Crippen LogP contribution in [0.25, 0.3) is 0 Å². The van der Waals surface area contributed by atoms with Crippen molar-refractivity contribution in [3.8, 4) is 0 Å². The third-order valence-corrected chi connectivity index (χ3v) is 2.38. The minimum absolute atomic E-state index is 0.0263. The highest BCUT2D eigenvalue weighted by atomic mass is 32.2. The first-order valence-corrected chi connectivity index (χ1v) is 4.87. The molecule has 0 fully saturated rings. The predicted molar refractivity (Wildman–Crippen MR) is 43.9 cm³/mol. The Morgan fingerprint density at radius 2 is 2.33 bits per heavy atom. The molecule has 0 bridgehead atoms. The van der Waals surface area contributed by atoms with Crippen molar-refractivity contribution in [1.29, 1.82) is 0 Å². The Kier molecular flexibility index (Phi) is 2.18. The summed E-state index contributed by atoms with van der Waals surface area (Å²) in [4.78, 5) is 3.56. The first kappa shape index (κ1) is 8.78. The van der Waals surface area contributed by atoms with Gasteiger partial charge in [0.1, 0.15) is 0 Å². The van der Waals surface area contributed by atoms with E-state index in [9.17, 15) is 8.42 Å². The van der Waals surface area contributed by atoms with Crippen LogP contribution in [-0.2, 0) is 10.0 Å². The van der Waals surface area contributed by atoms with Crippen LogP contribution in [0.15, 0.2) is 0 Å². The Balaban J connectivity index is 2.77. The number of nitrogens with zero attached hydrogens (tertiary/aromatic N) is 2. The maximum atomic E-state index is 10.9. The van der Waals surface area contributed by atoms with Gasteiger partial charge in [-0.15, -0.1) is 5.10 Å². The molecule has 0 spiro atoms. The summed E-state index contributed by atoms with van der Waals surface area (Å²) >= 11 is 0. The number of aromatic amines is 1. The standard InChI is InChI=1S/C4H9N5O2S/c1-2-12(10,11)9-4-6-3(5)7-8-4/h2H2,1H3,(H4,5,6,7,8,9). The van der Waals surface area contributed by atoms with Gasteiger partial charge in [0.2, 0.25) is 16.0 Å². The second-order valence-electron chi connectivity index (χ2n) is 2.05. The van der Waals surface area contributed by atoms with E-state index in [1.54, 1.807) is 0 Å². The van der Waals surface area contributed by atoms with E-state index in [0.29, 0.717) is 0 Å². The molecule has 0 atom stereocenters. The third-order valence-electron chi connectivity index (χ3n) is 1.13. The third kappa shape index (κ3) is 2.09. The lowest BCUT2D eigenvalue weighted by atomic mass is 11.0. The van der Waals surface area contributed by atoms with Crippen molar-refractivity contribution >= 4 is 21.9 Å². The zero-order valence-corrected chi connectivity index (χ0v) is 7.22. The molecule has 0 saturated carbocycles. The molecule has 0 amide bonds. The van der Waals surface area contributed by atoms with Gasteiger partial charge < -0.3 is 5.73 Å². The van der Waals surface area contributed by atoms with Crippen LogP contribution in [0.2, 0.25) is 0 Å². The second kappa shape index (κ2) is 2.97. The van der Waals surface area contributed by atoms with Gasteiger partial charge >= 0.3 is 0 Å². The Bertz CT molecular complexity index is 355. The molecule has 1 aromatic rings. The maximum Gasteiger partial charge on any atom is 0.257 e. The summed E-state index contributed by atoms with van der Waals surface area (Å²) in [6.45, 7) is 1.51. The number of hydrogen-bond acceptors (Lipinski definition) is 5. The first-order valence-electron chi connectivity index (χ1n) is 3.22. The molecule has 8 heteroatoms. The molecule has 1 rings (SSSR count). The van der Waals surface area contributed by atoms with Crippen molar-refractivity contribution in [3.05, 3.63) is 0 Å². The van der Waals surface area contributed by atoms with E-state index in [2.05, 4.69) is 19.9 Å². The molecule has 1 aromatic heterocycles. The van der Waals surface area contributed by atoms with Gasteiger partial charge in [0.15, 0.2) is 0 Å². The number of nitrogens with one attached hydrogen (secondary N) is 2. The largest absolute Gasteiger partial charge is 0.368 e. The fraction of sp³-hybridized carbons (Fsp3) is 0.500. The lowest BCUT2D eigenvalue weighted by Crippen LogP contribution is -2.15. The molecule has 7 nitrogen and oxygen atoms in total. The summed E-state index contributed by atoms with van der Waals surface area (Å²) in [5, 5.41) is 5.80. The summed E-state index contributed by atoms with van der Waals surface area (Å²) in [5.41, 5.74) is 5.17. The highest BCUT2D eigenvalue weighted by Crippen LogP contribution is 2.01. The van der Waals surface area contributed by atoms with E-state index >= 15 is 0 Å². The zero-order valence-electron chi connectivity index (χ0n) is 6.40. The summed E-state index contributed by atoms with van der Waals surface area (Å²) in [6.07, 6.45) is 0. The quantitative estimate of drug-likeness (QED) is 0.575. The van der Waals surface area contributed by atoms with Crippen LogP contribution < -0.4 is 10.5 Å². The number of anilines is 2. The molecule has 4 N–H and O–H groups in total. The number of aromatic nitrogens is 3. The van der Waals surface area contributed by atoms with Crippen molar-refractivity contribution in [1.82, 2.24) is 15.2 Å². The van der Waals surface area contributed by atoms with E-state index in [-0.39, 0.29) is 17.6 Å². The van der Waals surface area contributed by atoms with E-state index < -0.39 is 10.0 Å². The molecule has 0 saturated heterocycles. The van der Waals surface area contributed by atoms with Gasteiger partial charge in [-0.05, 0) is 6.92 Å². The Hall–Kier alpha value is -1.31. The number of H-pyrrole nitrogens is 1. The molecule has 0 aliphatic heterocycles. The first-order chi connectivity index (χ1) is 5.53. The average molecular weight is 191 g/mol. The normalized spacial score (nSPS) is 11.4. The molecule has 0 aromatic carbocycles. The van der Waals surface area contributed by atoms with E-state index in [1.807, 2.05) is 0 Å².